The van der Waals surface area contributed by atoms with Crippen molar-refractivity contribution in [1.82, 2.24) is 5.32 Å². The number of aliphatic hydroxyl groups excluding tert-OH is 1. The summed E-state index contributed by atoms with van der Waals surface area (Å²) in [5.41, 5.74) is -0.614. The first-order chi connectivity index (χ1) is 20.6. The Morgan fingerprint density at radius 2 is 1.67 bits per heavy atom. The van der Waals surface area contributed by atoms with Crippen LogP contribution in [0.25, 0.3) is 0 Å². The molecule has 4 aliphatic rings. The average Bonchev–Trinajstić information content (AvgIpc) is 3.23. The first-order valence-corrected chi connectivity index (χ1v) is 20.2. The Morgan fingerprint density at radius 1 is 1.02 bits per heavy atom. The number of aliphatic hydroxyl groups is 1. The highest BCUT2D eigenvalue weighted by molar-refractivity contribution is 7.86. The Bertz CT molecular complexity index is 1300. The van der Waals surface area contributed by atoms with Gasteiger partial charge in [-0.3, -0.25) is 9.32 Å². The summed E-state index contributed by atoms with van der Waals surface area (Å²) in [6.07, 6.45) is 4.49. The number of halogens is 1. The Hall–Kier alpha value is -0.510. The van der Waals surface area contributed by atoms with E-state index in [9.17, 15) is 37.2 Å². The molecule has 0 bridgehead atoms. The van der Waals surface area contributed by atoms with E-state index in [0.29, 0.717) is 32.1 Å². The Kier molecular flexibility index (Phi) is 11.1. The molecule has 4 fully saturated rings. The lowest BCUT2D eigenvalue weighted by molar-refractivity contribution is -0.262. The highest BCUT2D eigenvalue weighted by atomic mass is 32.2. The normalized spacial score (nSPS) is 39.4. The van der Waals surface area contributed by atoms with E-state index >= 15 is 4.39 Å². The van der Waals surface area contributed by atoms with E-state index in [-0.39, 0.29) is 65.7 Å². The van der Waals surface area contributed by atoms with E-state index in [1.54, 1.807) is 0 Å². The van der Waals surface area contributed by atoms with E-state index < -0.39 is 56.2 Å². The summed E-state index contributed by atoms with van der Waals surface area (Å²) in [7, 11) is -14.2. The van der Waals surface area contributed by atoms with Crippen molar-refractivity contribution in [2.24, 2.45) is 46.3 Å². The zero-order chi connectivity index (χ0) is 33.6. The summed E-state index contributed by atoms with van der Waals surface area (Å²) in [5, 5.41) is 12.9. The summed E-state index contributed by atoms with van der Waals surface area (Å²) < 4.78 is 76.8. The van der Waals surface area contributed by atoms with Gasteiger partial charge in [-0.2, -0.15) is 8.42 Å². The molecule has 14 nitrogen and oxygen atoms in total. The number of carbonyl (C=O) groups is 1. The summed E-state index contributed by atoms with van der Waals surface area (Å²) in [6, 6.07) is 0. The van der Waals surface area contributed by atoms with Crippen molar-refractivity contribution in [3.05, 3.63) is 0 Å². The van der Waals surface area contributed by atoms with E-state index in [2.05, 4.69) is 27.9 Å². The summed E-state index contributed by atoms with van der Waals surface area (Å²) >= 11 is 0. The molecule has 10 unspecified atom stereocenters. The van der Waals surface area contributed by atoms with E-state index in [0.717, 1.165) is 19.3 Å². The minimum absolute atomic E-state index is 0.0487. The molecule has 0 aromatic heterocycles. The predicted octanol–water partition coefficient (Wildman–Crippen LogP) is 3.34. The van der Waals surface area contributed by atoms with Gasteiger partial charge in [0.25, 0.3) is 10.1 Å². The third-order valence-electron chi connectivity index (χ3n) is 11.6. The van der Waals surface area contributed by atoms with Gasteiger partial charge in [-0.15, -0.1) is 0 Å². The van der Waals surface area contributed by atoms with Crippen LogP contribution in [0.4, 0.5) is 4.39 Å². The molecular formula is C27H48FNO13P2S. The highest BCUT2D eigenvalue weighted by Crippen LogP contribution is 2.72. The molecular weight excluding hydrogens is 659 g/mol. The monoisotopic (exact) mass is 707 g/mol. The lowest BCUT2D eigenvalue weighted by Crippen LogP contribution is -2.62. The van der Waals surface area contributed by atoms with Crippen LogP contribution in [0.3, 0.4) is 0 Å². The highest BCUT2D eigenvalue weighted by Gasteiger charge is 2.69. The molecule has 0 heterocycles. The fourth-order valence-corrected chi connectivity index (χ4v) is 11.1. The number of amides is 1. The second kappa shape index (κ2) is 13.4. The number of rotatable bonds is 13. The number of hydrogen-bond donors (Lipinski definition) is 6. The van der Waals surface area contributed by atoms with E-state index in [4.69, 9.17) is 14.3 Å². The second-order valence-corrected chi connectivity index (χ2v) is 18.3. The molecule has 45 heavy (non-hydrogen) atoms. The fourth-order valence-electron chi connectivity index (χ4n) is 9.61. The molecule has 6 N–H and O–H groups in total. The van der Waals surface area contributed by atoms with Gasteiger partial charge in [0.2, 0.25) is 11.8 Å². The second-order valence-electron chi connectivity index (χ2n) is 14.2. The van der Waals surface area contributed by atoms with Gasteiger partial charge in [0.05, 0.1) is 11.9 Å². The number of alkyl halides is 1. The molecule has 1 amide bonds. The smallest absolute Gasteiger partial charge is 0.393 e. The van der Waals surface area contributed by atoms with Crippen LogP contribution in [0.1, 0.15) is 85.0 Å². The zero-order valence-electron chi connectivity index (χ0n) is 25.9. The molecule has 0 aliphatic heterocycles. The maximum absolute atomic E-state index is 17.0. The summed E-state index contributed by atoms with van der Waals surface area (Å²) in [5.74, 6) is -4.66. The van der Waals surface area contributed by atoms with Crippen LogP contribution in [0.15, 0.2) is 0 Å². The van der Waals surface area contributed by atoms with Crippen LogP contribution in [0.5, 0.6) is 0 Å². The minimum atomic E-state index is -5.16. The maximum Gasteiger partial charge on any atom is 0.472 e. The van der Waals surface area contributed by atoms with Crippen LogP contribution in [0.2, 0.25) is 0 Å². The average molecular weight is 708 g/mol. The Labute approximate surface area is 263 Å². The standard InChI is InChI=1S/C27H48FNO13P2S/c1-17(4-7-23(31)29-12-13-45(38,39)41-16-40-43(32,33)34)20-5-6-21-24-22(9-11-26(20,21)3)25(2)10-8-19(30)14-18(25)15-27(24,28)42-44(35,36)37/h17-22,24,30H,4-16H2,1-3H3,(H,29,31)(H2,32,33,34)(H2,35,36,37). The van der Waals surface area contributed by atoms with Crippen LogP contribution in [-0.4, -0.2) is 70.1 Å². The summed E-state index contributed by atoms with van der Waals surface area (Å²) in [6.45, 7) is 4.88. The first kappa shape index (κ1) is 37.3. The molecule has 262 valence electrons. The van der Waals surface area contributed by atoms with Gasteiger partial charge in [0, 0.05) is 25.3 Å². The molecule has 0 aromatic rings. The predicted molar refractivity (Wildman–Crippen MR) is 158 cm³/mol. The van der Waals surface area contributed by atoms with Crippen LogP contribution < -0.4 is 5.32 Å². The van der Waals surface area contributed by atoms with Crippen molar-refractivity contribution in [3.63, 3.8) is 0 Å². The molecule has 0 aromatic carbocycles. The third kappa shape index (κ3) is 8.57. The van der Waals surface area contributed by atoms with Gasteiger partial charge in [-0.25, -0.2) is 22.2 Å². The van der Waals surface area contributed by atoms with Crippen molar-refractivity contribution < 1.29 is 64.6 Å². The molecule has 0 saturated heterocycles. The first-order valence-electron chi connectivity index (χ1n) is 15.6. The fraction of sp³-hybridized carbons (Fsp3) is 0.963. The molecule has 4 saturated carbocycles. The molecule has 0 radical (unpaired) electrons. The van der Waals surface area contributed by atoms with Crippen LogP contribution in [0, 0.1) is 46.3 Å². The number of nitrogens with one attached hydrogen (secondary N) is 1. The van der Waals surface area contributed by atoms with Gasteiger partial charge >= 0.3 is 15.6 Å². The molecule has 4 rings (SSSR count). The molecule has 0 spiro atoms. The minimum Gasteiger partial charge on any atom is -0.393 e. The number of phosphoric acid groups is 2. The topological polar surface area (TPSA) is 226 Å². The molecule has 4 aliphatic carbocycles. The maximum atomic E-state index is 17.0. The lowest BCUT2D eigenvalue weighted by Gasteiger charge is -2.64. The van der Waals surface area contributed by atoms with Crippen molar-refractivity contribution in [1.29, 1.82) is 0 Å². The lowest BCUT2D eigenvalue weighted by atomic mass is 9.43. The van der Waals surface area contributed by atoms with Gasteiger partial charge in [0.1, 0.15) is 0 Å². The number of carbonyl (C=O) groups excluding carboxylic acids is 1. The quantitative estimate of drug-likeness (QED) is 0.0919. The van der Waals surface area contributed by atoms with E-state index in [1.807, 2.05) is 6.92 Å². The SMILES string of the molecule is CC(CCC(=O)NCCS(=O)(=O)OCOP(=O)(O)O)C1CCC2C3C(CCC12C)C1(C)CCC(O)CC1CC3(F)OP(=O)(O)O. The third-order valence-corrected chi connectivity index (χ3v) is 13.8. The van der Waals surface area contributed by atoms with Gasteiger partial charge < -0.3 is 30.0 Å². The van der Waals surface area contributed by atoms with Crippen molar-refractivity contribution in [2.45, 2.75) is 96.9 Å². The summed E-state index contributed by atoms with van der Waals surface area (Å²) in [4.78, 5) is 49.3. The zero-order valence-corrected chi connectivity index (χ0v) is 28.5. The number of fused-ring (bicyclic) bond motifs is 5. The Balaban J connectivity index is 1.39. The number of phosphoric ester groups is 2. The van der Waals surface area contributed by atoms with Crippen molar-refractivity contribution in [3.8, 4) is 0 Å². The van der Waals surface area contributed by atoms with Gasteiger partial charge in [-0.1, -0.05) is 20.8 Å². The molecule has 18 heteroatoms. The molecule has 10 atom stereocenters. The number of hydrogen-bond acceptors (Lipinski definition) is 9. The van der Waals surface area contributed by atoms with E-state index in [1.165, 1.54) is 0 Å². The Morgan fingerprint density at radius 3 is 2.31 bits per heavy atom. The van der Waals surface area contributed by atoms with Crippen molar-refractivity contribution in [2.75, 3.05) is 19.1 Å². The largest absolute Gasteiger partial charge is 0.472 e. The van der Waals surface area contributed by atoms with Gasteiger partial charge in [-0.05, 0) is 91.8 Å². The van der Waals surface area contributed by atoms with Gasteiger partial charge in [0.15, 0.2) is 6.79 Å². The van der Waals surface area contributed by atoms with Crippen LogP contribution in [-0.2, 0) is 37.3 Å². The van der Waals surface area contributed by atoms with Crippen LogP contribution >= 0.6 is 15.6 Å². The van der Waals surface area contributed by atoms with Crippen molar-refractivity contribution >= 4 is 31.7 Å².